The molecule has 0 bridgehead atoms. The molecule has 2 aliphatic heterocycles. The molecule has 0 aromatic heterocycles. The lowest BCUT2D eigenvalue weighted by molar-refractivity contribution is -0.145. The molecule has 2 N–H and O–H groups in total. The van der Waals surface area contributed by atoms with E-state index in [1.807, 2.05) is 0 Å². The van der Waals surface area contributed by atoms with Gasteiger partial charge in [-0.2, -0.15) is 13.2 Å². The quantitative estimate of drug-likeness (QED) is 0.341. The minimum Gasteiger partial charge on any atom is -0.478 e. The van der Waals surface area contributed by atoms with Crippen LogP contribution >= 0.6 is 0 Å². The molecular weight excluding hydrogens is 559 g/mol. The molecule has 2 aromatic carbocycles. The van der Waals surface area contributed by atoms with Crippen molar-refractivity contribution < 1.29 is 41.4 Å². The van der Waals surface area contributed by atoms with E-state index in [4.69, 9.17) is 4.74 Å². The van der Waals surface area contributed by atoms with Gasteiger partial charge < -0.3 is 20.1 Å². The maximum atomic E-state index is 14.7. The molecule has 42 heavy (non-hydrogen) atoms. The lowest BCUT2D eigenvalue weighted by atomic mass is 9.81. The Balaban J connectivity index is 1.10. The molecule has 3 aliphatic rings. The summed E-state index contributed by atoms with van der Waals surface area (Å²) >= 11 is 0. The van der Waals surface area contributed by atoms with E-state index >= 15 is 0 Å². The molecule has 5 rings (SSSR count). The molecule has 0 spiro atoms. The number of aromatic carboxylic acids is 1. The van der Waals surface area contributed by atoms with Crippen LogP contribution in [-0.4, -0.2) is 53.7 Å². The number of ether oxygens (including phenoxy) is 1. The number of carbonyl (C=O) groups is 2. The van der Waals surface area contributed by atoms with Gasteiger partial charge >= 0.3 is 12.1 Å². The van der Waals surface area contributed by atoms with E-state index < -0.39 is 34.9 Å². The molecule has 2 atom stereocenters. The summed E-state index contributed by atoms with van der Waals surface area (Å²) in [7, 11) is 0. The normalized spacial score (nSPS) is 24.0. The fraction of sp³-hybridized carbons (Fsp3) is 0.548. The highest BCUT2D eigenvalue weighted by molar-refractivity contribution is 5.88. The predicted molar refractivity (Wildman–Crippen MR) is 144 cm³/mol. The number of carbonyl (C=O) groups excluding carboxylic acids is 1. The molecule has 1 saturated carbocycles. The third kappa shape index (κ3) is 7.11. The number of nitrogens with zero attached hydrogens (tertiary/aromatic N) is 1. The summed E-state index contributed by atoms with van der Waals surface area (Å²) in [6.45, 7) is 2.65. The number of piperidine rings is 1. The Morgan fingerprint density at radius 2 is 1.79 bits per heavy atom. The third-order valence-electron chi connectivity index (χ3n) is 8.94. The highest BCUT2D eigenvalue weighted by Gasteiger charge is 2.49. The molecule has 6 nitrogen and oxygen atoms in total. The summed E-state index contributed by atoms with van der Waals surface area (Å²) in [5.41, 5.74) is -1.49. The van der Waals surface area contributed by atoms with E-state index in [1.165, 1.54) is 6.07 Å². The number of likely N-dealkylation sites (tertiary alicyclic amines) is 1. The van der Waals surface area contributed by atoms with Crippen molar-refractivity contribution in [2.24, 2.45) is 11.8 Å². The number of carboxylic acids is 1. The van der Waals surface area contributed by atoms with Crippen molar-refractivity contribution in [2.75, 3.05) is 26.2 Å². The molecule has 2 heterocycles. The van der Waals surface area contributed by atoms with Crippen LogP contribution in [-0.2, 0) is 22.3 Å². The standard InChI is InChI=1S/C31H35F5N2O4/c32-24-13-20(12-23(14-24)31(34,35)36)16-37-27(39)15-30(22-4-5-22)9-6-19(18-42-30)17-38-10-7-21(8-11-38)25-2-1-3-26(28(25)33)29(40)41/h1-3,12-14,19,21-22H,4-11,15-18H2,(H,37,39)(H,40,41)/t19?,30-/m1/s1. The number of nitrogens with one attached hydrogen (secondary N) is 1. The van der Waals surface area contributed by atoms with Gasteiger partial charge in [0.1, 0.15) is 11.6 Å². The number of hydrogen-bond acceptors (Lipinski definition) is 4. The summed E-state index contributed by atoms with van der Waals surface area (Å²) in [4.78, 5) is 26.5. The Morgan fingerprint density at radius 1 is 1.05 bits per heavy atom. The zero-order chi connectivity index (χ0) is 30.1. The van der Waals surface area contributed by atoms with Crippen molar-refractivity contribution in [3.05, 3.63) is 70.3 Å². The van der Waals surface area contributed by atoms with E-state index in [-0.39, 0.29) is 47.8 Å². The predicted octanol–water partition coefficient (Wildman–Crippen LogP) is 6.14. The minimum absolute atomic E-state index is 0.0309. The van der Waals surface area contributed by atoms with Gasteiger partial charge in [-0.05, 0) is 105 Å². The molecule has 2 aromatic rings. The van der Waals surface area contributed by atoms with E-state index in [9.17, 15) is 36.6 Å². The second-order valence-corrected chi connectivity index (χ2v) is 11.9. The number of alkyl halides is 3. The first-order valence-electron chi connectivity index (χ1n) is 14.4. The Bertz CT molecular complexity index is 1300. The van der Waals surface area contributed by atoms with Crippen molar-refractivity contribution in [1.29, 1.82) is 0 Å². The van der Waals surface area contributed by atoms with Crippen LogP contribution in [0.1, 0.15) is 77.9 Å². The van der Waals surface area contributed by atoms with Crippen LogP contribution in [0.5, 0.6) is 0 Å². The lowest BCUT2D eigenvalue weighted by Crippen LogP contribution is -2.47. The SMILES string of the molecule is O=C(C[C@@]1(C2CC2)CCC(CN2CCC(c3cccc(C(=O)O)c3F)CC2)CO1)NCc1cc(F)cc(C(F)(F)F)c1. The van der Waals surface area contributed by atoms with Crippen LogP contribution in [0.15, 0.2) is 36.4 Å². The monoisotopic (exact) mass is 594 g/mol. The minimum atomic E-state index is -4.68. The van der Waals surface area contributed by atoms with Gasteiger partial charge in [0.15, 0.2) is 0 Å². The summed E-state index contributed by atoms with van der Waals surface area (Å²) < 4.78 is 73.9. The molecule has 0 radical (unpaired) electrons. The van der Waals surface area contributed by atoms with E-state index in [1.54, 1.807) is 12.1 Å². The lowest BCUT2D eigenvalue weighted by Gasteiger charge is -2.42. The van der Waals surface area contributed by atoms with Gasteiger partial charge in [-0.25, -0.2) is 13.6 Å². The average Bonchev–Trinajstić information content (AvgIpc) is 3.79. The first kappa shape index (κ1) is 30.4. The molecule has 228 valence electrons. The maximum absolute atomic E-state index is 14.7. The van der Waals surface area contributed by atoms with Crippen LogP contribution in [0.25, 0.3) is 0 Å². The van der Waals surface area contributed by atoms with E-state index in [0.29, 0.717) is 24.7 Å². The van der Waals surface area contributed by atoms with Crippen molar-refractivity contribution in [1.82, 2.24) is 10.2 Å². The Kier molecular flexibility index (Phi) is 8.89. The van der Waals surface area contributed by atoms with Gasteiger partial charge in [0, 0.05) is 13.1 Å². The number of hydrogen-bond donors (Lipinski definition) is 2. The number of benzene rings is 2. The van der Waals surface area contributed by atoms with Crippen molar-refractivity contribution >= 4 is 11.9 Å². The van der Waals surface area contributed by atoms with E-state index in [2.05, 4.69) is 10.2 Å². The topological polar surface area (TPSA) is 78.9 Å². The third-order valence-corrected chi connectivity index (χ3v) is 8.94. The fourth-order valence-corrected chi connectivity index (χ4v) is 6.52. The number of rotatable bonds is 9. The fourth-order valence-electron chi connectivity index (χ4n) is 6.52. The number of carboxylic acid groups (broad SMARTS) is 1. The van der Waals surface area contributed by atoms with Crippen molar-refractivity contribution in [2.45, 2.75) is 69.2 Å². The second kappa shape index (κ2) is 12.3. The van der Waals surface area contributed by atoms with Gasteiger partial charge in [0.2, 0.25) is 5.91 Å². The highest BCUT2D eigenvalue weighted by atomic mass is 19.4. The van der Waals surface area contributed by atoms with Gasteiger partial charge in [-0.3, -0.25) is 4.79 Å². The maximum Gasteiger partial charge on any atom is 0.416 e. The molecule has 1 unspecified atom stereocenters. The Morgan fingerprint density at radius 3 is 2.40 bits per heavy atom. The molecule has 1 amide bonds. The molecule has 11 heteroatoms. The van der Waals surface area contributed by atoms with Crippen LogP contribution in [0.2, 0.25) is 0 Å². The van der Waals surface area contributed by atoms with Gasteiger partial charge in [-0.15, -0.1) is 0 Å². The summed E-state index contributed by atoms with van der Waals surface area (Å²) in [5.74, 6) is -2.74. The second-order valence-electron chi connectivity index (χ2n) is 11.9. The highest BCUT2D eigenvalue weighted by Crippen LogP contribution is 2.49. The zero-order valence-corrected chi connectivity index (χ0v) is 23.2. The summed E-state index contributed by atoms with van der Waals surface area (Å²) in [5, 5.41) is 11.9. The molecule has 3 fully saturated rings. The van der Waals surface area contributed by atoms with Crippen LogP contribution in [0.4, 0.5) is 22.0 Å². The van der Waals surface area contributed by atoms with Crippen LogP contribution < -0.4 is 5.32 Å². The Labute approximate surface area is 241 Å². The van der Waals surface area contributed by atoms with Gasteiger partial charge in [-0.1, -0.05) is 12.1 Å². The Hall–Kier alpha value is -3.05. The largest absolute Gasteiger partial charge is 0.478 e. The van der Waals surface area contributed by atoms with Gasteiger partial charge in [0.25, 0.3) is 0 Å². The summed E-state index contributed by atoms with van der Waals surface area (Å²) in [6, 6.07) is 6.80. The zero-order valence-electron chi connectivity index (χ0n) is 23.2. The first-order valence-corrected chi connectivity index (χ1v) is 14.4. The molecule has 1 aliphatic carbocycles. The number of amides is 1. The average molecular weight is 595 g/mol. The van der Waals surface area contributed by atoms with Crippen molar-refractivity contribution in [3.8, 4) is 0 Å². The molecular formula is C31H35F5N2O4. The number of halogens is 5. The van der Waals surface area contributed by atoms with E-state index in [0.717, 1.165) is 63.9 Å². The first-order chi connectivity index (χ1) is 19.9. The van der Waals surface area contributed by atoms with Crippen molar-refractivity contribution in [3.63, 3.8) is 0 Å². The van der Waals surface area contributed by atoms with Gasteiger partial charge in [0.05, 0.1) is 29.8 Å². The molecule has 2 saturated heterocycles. The van der Waals surface area contributed by atoms with Crippen LogP contribution in [0, 0.1) is 23.5 Å². The van der Waals surface area contributed by atoms with Crippen LogP contribution in [0.3, 0.4) is 0 Å². The summed E-state index contributed by atoms with van der Waals surface area (Å²) in [6.07, 6.45) is 0.400. The smallest absolute Gasteiger partial charge is 0.416 e.